The first-order valence-corrected chi connectivity index (χ1v) is 20.3. The molecule has 0 saturated carbocycles. The van der Waals surface area contributed by atoms with Gasteiger partial charge in [-0.2, -0.15) is 0 Å². The van der Waals surface area contributed by atoms with Gasteiger partial charge < -0.3 is 47.5 Å². The van der Waals surface area contributed by atoms with Crippen LogP contribution in [0.2, 0.25) is 0 Å². The van der Waals surface area contributed by atoms with Gasteiger partial charge in [-0.25, -0.2) is 9.59 Å². The van der Waals surface area contributed by atoms with Crippen molar-refractivity contribution in [2.45, 2.75) is 58.4 Å². The Bertz CT molecular complexity index is 1710. The summed E-state index contributed by atoms with van der Waals surface area (Å²) in [6.07, 6.45) is 6.07. The van der Waals surface area contributed by atoms with Crippen molar-refractivity contribution in [3.8, 4) is 34.5 Å². The number of benzene rings is 3. The van der Waals surface area contributed by atoms with E-state index in [-0.39, 0.29) is 19.1 Å². The van der Waals surface area contributed by atoms with Crippen molar-refractivity contribution >= 4 is 11.9 Å². The fraction of sp³-hybridized carbons (Fsp3) is 0.522. The molecule has 0 heterocycles. The Hall–Kier alpha value is -4.98. The molecule has 3 rings (SSSR count). The van der Waals surface area contributed by atoms with Crippen LogP contribution in [0.5, 0.6) is 34.5 Å². The maximum atomic E-state index is 12.4. The molecule has 0 aliphatic heterocycles. The molecule has 3 aromatic carbocycles. The number of nitrogens with zero attached hydrogens (tertiary/aromatic N) is 2. The Balaban J connectivity index is 1.42. The van der Waals surface area contributed by atoms with Crippen molar-refractivity contribution in [3.63, 3.8) is 0 Å². The van der Waals surface area contributed by atoms with E-state index in [1.165, 1.54) is 16.7 Å². The number of likely N-dealkylation sites (N-methyl/N-ethyl adjacent to an activating group) is 1. The van der Waals surface area contributed by atoms with Gasteiger partial charge in [0.1, 0.15) is 5.75 Å². The van der Waals surface area contributed by atoms with Crippen LogP contribution in [0.25, 0.3) is 0 Å². The van der Waals surface area contributed by atoms with Gasteiger partial charge in [-0.05, 0) is 104 Å². The van der Waals surface area contributed by atoms with E-state index in [2.05, 4.69) is 47.9 Å². The fourth-order valence-electron chi connectivity index (χ4n) is 6.66. The second-order valence-electron chi connectivity index (χ2n) is 14.2. The number of methoxy groups -OCH3 is 6. The summed E-state index contributed by atoms with van der Waals surface area (Å²) < 4.78 is 49.6. The molecule has 0 bridgehead atoms. The van der Waals surface area contributed by atoms with E-state index >= 15 is 0 Å². The van der Waals surface area contributed by atoms with E-state index in [1.54, 1.807) is 42.7 Å². The Kier molecular flexibility index (Phi) is 22.1. The molecule has 0 aromatic heterocycles. The first kappa shape index (κ1) is 48.4. The quantitative estimate of drug-likeness (QED) is 0.0410. The van der Waals surface area contributed by atoms with Crippen molar-refractivity contribution in [1.29, 1.82) is 0 Å². The molecule has 13 nitrogen and oxygen atoms in total. The molecule has 0 fully saturated rings. The molecule has 3 aromatic rings. The second-order valence-corrected chi connectivity index (χ2v) is 14.2. The average Bonchev–Trinajstić information content (AvgIpc) is 3.25. The normalized spacial score (nSPS) is 11.8. The lowest BCUT2D eigenvalue weighted by atomic mass is 9.88. The zero-order chi connectivity index (χ0) is 43.0. The molecular weight excluding hydrogens is 757 g/mol. The largest absolute Gasteiger partial charge is 0.497 e. The van der Waals surface area contributed by atoms with Gasteiger partial charge in [-0.3, -0.25) is 4.90 Å². The maximum absolute atomic E-state index is 12.4. The predicted molar refractivity (Wildman–Crippen MR) is 229 cm³/mol. The van der Waals surface area contributed by atoms with E-state index < -0.39 is 11.9 Å². The van der Waals surface area contributed by atoms with Gasteiger partial charge in [0.05, 0.1) is 62.5 Å². The van der Waals surface area contributed by atoms with E-state index in [4.69, 9.17) is 42.6 Å². The Morgan fingerprint density at radius 2 is 1.24 bits per heavy atom. The monoisotopic (exact) mass is 822 g/mol. The Morgan fingerprint density at radius 3 is 1.80 bits per heavy atom. The number of esters is 2. The zero-order valence-corrected chi connectivity index (χ0v) is 36.6. The van der Waals surface area contributed by atoms with Gasteiger partial charge in [0.2, 0.25) is 5.75 Å². The van der Waals surface area contributed by atoms with E-state index in [1.807, 2.05) is 31.3 Å². The number of carbonyl (C=O) groups is 2. The predicted octanol–water partition coefficient (Wildman–Crippen LogP) is 6.91. The number of hydrogen-bond donors (Lipinski definition) is 0. The van der Waals surface area contributed by atoms with Gasteiger partial charge in [-0.15, -0.1) is 0 Å². The minimum Gasteiger partial charge on any atom is -0.497 e. The topological polar surface area (TPSA) is 124 Å². The highest BCUT2D eigenvalue weighted by Gasteiger charge is 2.18. The highest BCUT2D eigenvalue weighted by atomic mass is 16.5. The lowest BCUT2D eigenvalue weighted by Crippen LogP contribution is -2.29. The van der Waals surface area contributed by atoms with Crippen molar-refractivity contribution in [3.05, 3.63) is 82.9 Å². The van der Waals surface area contributed by atoms with Crippen LogP contribution in [0.15, 0.2) is 60.7 Å². The van der Waals surface area contributed by atoms with E-state index in [9.17, 15) is 9.59 Å². The molecule has 13 heteroatoms. The SMILES string of the molecule is CCCOCCN(CCCOC(=O)/C=C\C(=O)OCCCN(C)CCc1cc(OC)c(OC)cc1[C@H](C)Cc1ccc(OC)cc1)Cc1cc(OC)c(OC)c(OC)c1. The van der Waals surface area contributed by atoms with Crippen molar-refractivity contribution in [2.75, 3.05) is 102 Å². The smallest absolute Gasteiger partial charge is 0.331 e. The third kappa shape index (κ3) is 16.7. The van der Waals surface area contributed by atoms with Crippen LogP contribution in [0.4, 0.5) is 0 Å². The molecule has 326 valence electrons. The summed E-state index contributed by atoms with van der Waals surface area (Å²) in [4.78, 5) is 29.2. The summed E-state index contributed by atoms with van der Waals surface area (Å²) in [6.45, 7) is 9.46. The van der Waals surface area contributed by atoms with Gasteiger partial charge in [0.15, 0.2) is 23.0 Å². The van der Waals surface area contributed by atoms with Crippen molar-refractivity contribution < 1.29 is 52.2 Å². The molecular formula is C46H66N2O11. The number of ether oxygens (including phenoxy) is 9. The Labute approximate surface area is 351 Å². The van der Waals surface area contributed by atoms with Crippen LogP contribution in [-0.2, 0) is 43.2 Å². The first-order valence-electron chi connectivity index (χ1n) is 20.3. The lowest BCUT2D eigenvalue weighted by Gasteiger charge is -2.23. The molecule has 0 amide bonds. The minimum atomic E-state index is -0.600. The average molecular weight is 823 g/mol. The van der Waals surface area contributed by atoms with Crippen LogP contribution < -0.4 is 28.4 Å². The van der Waals surface area contributed by atoms with E-state index in [0.717, 1.165) is 55.8 Å². The first-order chi connectivity index (χ1) is 28.6. The molecule has 0 radical (unpaired) electrons. The number of carbonyl (C=O) groups excluding carboxylic acids is 2. The second kappa shape index (κ2) is 26.9. The van der Waals surface area contributed by atoms with Crippen molar-refractivity contribution in [1.82, 2.24) is 9.80 Å². The molecule has 0 aliphatic carbocycles. The van der Waals surface area contributed by atoms with Gasteiger partial charge in [0.25, 0.3) is 0 Å². The highest BCUT2D eigenvalue weighted by Crippen LogP contribution is 2.39. The molecule has 0 aliphatic rings. The molecule has 0 N–H and O–H groups in total. The molecule has 1 atom stereocenters. The summed E-state index contributed by atoms with van der Waals surface area (Å²) in [5.74, 6) is 3.00. The van der Waals surface area contributed by atoms with E-state index in [0.29, 0.717) is 74.4 Å². The third-order valence-electron chi connectivity index (χ3n) is 9.82. The van der Waals surface area contributed by atoms with Crippen LogP contribution in [0.1, 0.15) is 61.3 Å². The summed E-state index contributed by atoms with van der Waals surface area (Å²) >= 11 is 0. The molecule has 0 saturated heterocycles. The summed E-state index contributed by atoms with van der Waals surface area (Å²) in [5.41, 5.74) is 4.62. The van der Waals surface area contributed by atoms with Crippen LogP contribution in [0.3, 0.4) is 0 Å². The van der Waals surface area contributed by atoms with Crippen LogP contribution >= 0.6 is 0 Å². The summed E-state index contributed by atoms with van der Waals surface area (Å²) in [7, 11) is 11.8. The molecule has 59 heavy (non-hydrogen) atoms. The maximum Gasteiger partial charge on any atom is 0.331 e. The number of rotatable bonds is 29. The third-order valence-corrected chi connectivity index (χ3v) is 9.82. The zero-order valence-electron chi connectivity index (χ0n) is 36.6. The summed E-state index contributed by atoms with van der Waals surface area (Å²) in [5, 5.41) is 0. The molecule has 0 unspecified atom stereocenters. The molecule has 0 spiro atoms. The highest BCUT2D eigenvalue weighted by molar-refractivity contribution is 5.91. The summed E-state index contributed by atoms with van der Waals surface area (Å²) in [6, 6.07) is 16.2. The van der Waals surface area contributed by atoms with Crippen LogP contribution in [-0.4, -0.2) is 124 Å². The van der Waals surface area contributed by atoms with Crippen molar-refractivity contribution in [2.24, 2.45) is 0 Å². The fourth-order valence-corrected chi connectivity index (χ4v) is 6.66. The van der Waals surface area contributed by atoms with Gasteiger partial charge in [-0.1, -0.05) is 26.0 Å². The number of hydrogen-bond acceptors (Lipinski definition) is 13. The van der Waals surface area contributed by atoms with Crippen LogP contribution in [0, 0.1) is 0 Å². The minimum absolute atomic E-state index is 0.193. The standard InChI is InChI=1S/C46H66N2O11/c1-10-24-57-27-23-48(33-36-29-42(54-7)46(56-9)43(30-36)55-8)21-12-26-59-45(50)18-17-44(49)58-25-11-20-47(3)22-19-37-31-40(52-5)41(53-6)32-39(37)34(2)28-35-13-15-38(51-4)16-14-35/h13-18,29-32,34H,10-12,19-28,33H2,1-9H3/b18-17-/t34-/m1/s1. The van der Waals surface area contributed by atoms with Gasteiger partial charge in [0, 0.05) is 51.5 Å². The van der Waals surface area contributed by atoms with Gasteiger partial charge >= 0.3 is 11.9 Å². The lowest BCUT2D eigenvalue weighted by molar-refractivity contribution is -0.140. The Morgan fingerprint density at radius 1 is 0.644 bits per heavy atom.